The van der Waals surface area contributed by atoms with Gasteiger partial charge in [-0.05, 0) is 12.1 Å². The normalized spacial score (nSPS) is 24.4. The summed E-state index contributed by atoms with van der Waals surface area (Å²) < 4.78 is 44.7. The molecule has 6 heteroatoms. The van der Waals surface area contributed by atoms with Crippen molar-refractivity contribution in [3.8, 4) is 0 Å². The van der Waals surface area contributed by atoms with Crippen molar-refractivity contribution in [2.75, 3.05) is 6.54 Å². The van der Waals surface area contributed by atoms with Gasteiger partial charge in [0.1, 0.15) is 6.29 Å². The highest BCUT2D eigenvalue weighted by atomic mass is 19.4. The molecule has 0 amide bonds. The molecule has 2 rings (SSSR count). The van der Waals surface area contributed by atoms with Gasteiger partial charge in [-0.3, -0.25) is 4.99 Å². The van der Waals surface area contributed by atoms with Crippen molar-refractivity contribution in [3.05, 3.63) is 35.4 Å². The van der Waals surface area contributed by atoms with Crippen molar-refractivity contribution in [1.82, 2.24) is 0 Å². The van der Waals surface area contributed by atoms with Crippen LogP contribution in [-0.4, -0.2) is 24.9 Å². The second kappa shape index (κ2) is 4.72. The maximum absolute atomic E-state index is 12.4. The van der Waals surface area contributed by atoms with Crippen molar-refractivity contribution in [2.24, 2.45) is 15.9 Å². The van der Waals surface area contributed by atoms with E-state index in [0.29, 0.717) is 11.8 Å². The van der Waals surface area contributed by atoms with Crippen molar-refractivity contribution >= 4 is 18.3 Å². The number of benzene rings is 1. The summed E-state index contributed by atoms with van der Waals surface area (Å²) in [6.07, 6.45) is -2.83. The zero-order valence-electron chi connectivity index (χ0n) is 10.1. The lowest BCUT2D eigenvalue weighted by atomic mass is 10.1. The quantitative estimate of drug-likeness (QED) is 0.748. The van der Waals surface area contributed by atoms with Crippen molar-refractivity contribution < 1.29 is 19.3 Å². The van der Waals surface area contributed by atoms with Gasteiger partial charge in [0.05, 0.1) is 18.0 Å². The molecule has 0 aromatic heterocycles. The Balaban J connectivity index is 2.22. The SMILES string of the molecule is [2H]C1(C=O)C=NC(c2ccc(C(F)(F)F)cc2)=NC1. The Labute approximate surface area is 102 Å². The first-order valence-electron chi connectivity index (χ1n) is 5.58. The third-order valence-corrected chi connectivity index (χ3v) is 2.39. The summed E-state index contributed by atoms with van der Waals surface area (Å²) in [6, 6.07) is 4.40. The minimum atomic E-state index is -4.38. The van der Waals surface area contributed by atoms with E-state index in [-0.39, 0.29) is 12.4 Å². The Morgan fingerprint density at radius 1 is 1.33 bits per heavy atom. The van der Waals surface area contributed by atoms with Crippen molar-refractivity contribution in [3.63, 3.8) is 0 Å². The number of carbonyl (C=O) groups is 1. The van der Waals surface area contributed by atoms with Gasteiger partial charge in [-0.15, -0.1) is 0 Å². The smallest absolute Gasteiger partial charge is 0.303 e. The molecule has 0 bridgehead atoms. The zero-order valence-corrected chi connectivity index (χ0v) is 9.11. The van der Waals surface area contributed by atoms with E-state index >= 15 is 0 Å². The van der Waals surface area contributed by atoms with Crippen LogP contribution >= 0.6 is 0 Å². The van der Waals surface area contributed by atoms with E-state index in [4.69, 9.17) is 1.37 Å². The number of halogens is 3. The first-order valence-corrected chi connectivity index (χ1v) is 5.08. The second-order valence-electron chi connectivity index (χ2n) is 3.67. The number of hydrogen-bond donors (Lipinski definition) is 0. The minimum Gasteiger partial charge on any atom is -0.303 e. The summed E-state index contributed by atoms with van der Waals surface area (Å²) >= 11 is 0. The third-order valence-electron chi connectivity index (χ3n) is 2.39. The van der Waals surface area contributed by atoms with Gasteiger partial charge in [-0.25, -0.2) is 4.99 Å². The fourth-order valence-corrected chi connectivity index (χ4v) is 1.43. The van der Waals surface area contributed by atoms with Crippen LogP contribution in [-0.2, 0) is 11.0 Å². The summed E-state index contributed by atoms with van der Waals surface area (Å²) in [7, 11) is 0. The van der Waals surface area contributed by atoms with Crippen molar-refractivity contribution in [2.45, 2.75) is 6.18 Å². The van der Waals surface area contributed by atoms with E-state index < -0.39 is 17.6 Å². The first kappa shape index (κ1) is 11.1. The first-order chi connectivity index (χ1) is 8.84. The van der Waals surface area contributed by atoms with Gasteiger partial charge < -0.3 is 4.79 Å². The molecule has 0 radical (unpaired) electrons. The van der Waals surface area contributed by atoms with E-state index in [2.05, 4.69) is 9.98 Å². The highest BCUT2D eigenvalue weighted by Gasteiger charge is 2.30. The molecule has 3 nitrogen and oxygen atoms in total. The average molecular weight is 255 g/mol. The highest BCUT2D eigenvalue weighted by Crippen LogP contribution is 2.29. The lowest BCUT2D eigenvalue weighted by molar-refractivity contribution is -0.137. The lowest BCUT2D eigenvalue weighted by Gasteiger charge is -2.11. The molecule has 18 heavy (non-hydrogen) atoms. The highest BCUT2D eigenvalue weighted by molar-refractivity contribution is 6.05. The van der Waals surface area contributed by atoms with E-state index in [1.165, 1.54) is 12.1 Å². The fourth-order valence-electron chi connectivity index (χ4n) is 1.43. The number of carbonyl (C=O) groups excluding carboxylic acids is 1. The van der Waals surface area contributed by atoms with Crippen LogP contribution in [0.15, 0.2) is 34.3 Å². The van der Waals surface area contributed by atoms with Gasteiger partial charge >= 0.3 is 6.18 Å². The second-order valence-corrected chi connectivity index (χ2v) is 3.67. The van der Waals surface area contributed by atoms with Gasteiger partial charge in [0, 0.05) is 13.1 Å². The summed E-state index contributed by atoms with van der Waals surface area (Å²) in [6.45, 7) is -0.0869. The molecule has 0 spiro atoms. The largest absolute Gasteiger partial charge is 0.416 e. The molecule has 1 aliphatic heterocycles. The topological polar surface area (TPSA) is 41.8 Å². The van der Waals surface area contributed by atoms with Crippen LogP contribution in [0.25, 0.3) is 0 Å². The summed E-state index contributed by atoms with van der Waals surface area (Å²) in [4.78, 5) is 18.4. The van der Waals surface area contributed by atoms with Gasteiger partial charge in [0.25, 0.3) is 0 Å². The Morgan fingerprint density at radius 3 is 2.44 bits per heavy atom. The number of nitrogens with zero attached hydrogens (tertiary/aromatic N) is 2. The molecule has 1 atom stereocenters. The van der Waals surface area contributed by atoms with E-state index in [1.54, 1.807) is 0 Å². The predicted molar refractivity (Wildman–Crippen MR) is 60.9 cm³/mol. The van der Waals surface area contributed by atoms with Crippen molar-refractivity contribution in [1.29, 1.82) is 0 Å². The Kier molecular flexibility index (Phi) is 2.92. The molecular formula is C12H9F3N2O. The number of rotatable bonds is 2. The molecule has 1 aromatic rings. The maximum atomic E-state index is 12.4. The Bertz CT molecular complexity index is 551. The molecular weight excluding hydrogens is 245 g/mol. The van der Waals surface area contributed by atoms with Crippen LogP contribution in [0, 0.1) is 5.89 Å². The standard InChI is InChI=1S/C12H9F3N2O/c13-12(14,15)10-3-1-9(2-4-10)11-16-5-8(7-18)6-17-11/h1-5,7-8H,6H2/i8D. The number of amidine groups is 1. The third kappa shape index (κ3) is 2.64. The van der Waals surface area contributed by atoms with Crippen LogP contribution < -0.4 is 0 Å². The molecule has 0 fully saturated rings. The van der Waals surface area contributed by atoms with Crippen LogP contribution in [0.1, 0.15) is 12.5 Å². The number of aldehydes is 1. The summed E-state index contributed by atoms with van der Waals surface area (Å²) in [5.41, 5.74) is -0.337. The van der Waals surface area contributed by atoms with Gasteiger partial charge in [0.2, 0.25) is 0 Å². The monoisotopic (exact) mass is 255 g/mol. The molecule has 1 heterocycles. The molecule has 94 valence electrons. The molecule has 0 saturated carbocycles. The molecule has 0 saturated heterocycles. The van der Waals surface area contributed by atoms with Crippen LogP contribution in [0.2, 0.25) is 0 Å². The molecule has 1 unspecified atom stereocenters. The Hall–Kier alpha value is -1.98. The molecule has 0 aliphatic carbocycles. The summed E-state index contributed by atoms with van der Waals surface area (Å²) in [5, 5.41) is 0. The fraction of sp³-hybridized carbons (Fsp3) is 0.250. The maximum Gasteiger partial charge on any atom is 0.416 e. The van der Waals surface area contributed by atoms with E-state index in [9.17, 15) is 18.0 Å². The lowest BCUT2D eigenvalue weighted by Crippen LogP contribution is -2.16. The molecule has 0 N–H and O–H groups in total. The molecule has 1 aliphatic rings. The van der Waals surface area contributed by atoms with Gasteiger partial charge in [-0.1, -0.05) is 12.1 Å². The van der Waals surface area contributed by atoms with Gasteiger partial charge in [-0.2, -0.15) is 13.2 Å². The average Bonchev–Trinajstić information content (AvgIpc) is 2.39. The number of hydrogen-bond acceptors (Lipinski definition) is 3. The van der Waals surface area contributed by atoms with E-state index in [0.717, 1.165) is 18.3 Å². The van der Waals surface area contributed by atoms with Crippen LogP contribution in [0.4, 0.5) is 13.2 Å². The number of alkyl halides is 3. The van der Waals surface area contributed by atoms with E-state index in [1.807, 2.05) is 0 Å². The zero-order chi connectivity index (χ0) is 14.1. The molecule has 1 aromatic carbocycles. The van der Waals surface area contributed by atoms with Crippen LogP contribution in [0.3, 0.4) is 0 Å². The number of aliphatic imine (C=N–C) groups is 2. The summed E-state index contributed by atoms with van der Waals surface area (Å²) in [5.74, 6) is -1.26. The van der Waals surface area contributed by atoms with Crippen LogP contribution in [0.5, 0.6) is 0 Å². The van der Waals surface area contributed by atoms with Gasteiger partial charge in [0.15, 0.2) is 5.84 Å². The Morgan fingerprint density at radius 2 is 2.00 bits per heavy atom. The predicted octanol–water partition coefficient (Wildman–Crippen LogP) is 2.35. The minimum absolute atomic E-state index is 0.0869.